The first-order chi connectivity index (χ1) is 20.4. The molecule has 0 atom stereocenters. The molecule has 0 bridgehead atoms. The molecule has 4 N–H and O–H groups in total. The van der Waals surface area contributed by atoms with Crippen LogP contribution in [0.15, 0.2) is 84.9 Å². The van der Waals surface area contributed by atoms with E-state index >= 15 is 0 Å². The van der Waals surface area contributed by atoms with Gasteiger partial charge in [0.05, 0.1) is 25.4 Å². The summed E-state index contributed by atoms with van der Waals surface area (Å²) >= 11 is 0. The molecule has 4 aromatic carbocycles. The molecule has 42 heavy (non-hydrogen) atoms. The molecule has 4 rings (SSSR count). The highest BCUT2D eigenvalue weighted by molar-refractivity contribution is 5.92. The number of ether oxygens (including phenoxy) is 4. The summed E-state index contributed by atoms with van der Waals surface area (Å²) in [7, 11) is 0. The third-order valence-corrected chi connectivity index (χ3v) is 6.31. The van der Waals surface area contributed by atoms with E-state index in [0.29, 0.717) is 48.1 Å². The maximum atomic E-state index is 12.4. The highest BCUT2D eigenvalue weighted by Gasteiger charge is 2.09. The lowest BCUT2D eigenvalue weighted by Gasteiger charge is -2.08. The Morgan fingerprint density at radius 1 is 0.690 bits per heavy atom. The molecule has 0 heterocycles. The average Bonchev–Trinajstić information content (AvgIpc) is 2.98. The predicted octanol–water partition coefficient (Wildman–Crippen LogP) is 6.82. The maximum absolute atomic E-state index is 12.4. The number of esters is 2. The van der Waals surface area contributed by atoms with Crippen LogP contribution >= 0.6 is 0 Å². The molecule has 0 saturated heterocycles. The van der Waals surface area contributed by atoms with Crippen LogP contribution in [-0.2, 0) is 9.53 Å². The molecule has 0 aromatic heterocycles. The van der Waals surface area contributed by atoms with Gasteiger partial charge in [-0.2, -0.15) is 0 Å². The van der Waals surface area contributed by atoms with Crippen LogP contribution < -0.4 is 25.7 Å². The number of hydrogen-bond donors (Lipinski definition) is 2. The van der Waals surface area contributed by atoms with E-state index in [1.807, 2.05) is 42.5 Å². The van der Waals surface area contributed by atoms with Gasteiger partial charge in [0.2, 0.25) is 0 Å². The molecular weight excluding hydrogens is 532 g/mol. The lowest BCUT2D eigenvalue weighted by Crippen LogP contribution is -2.10. The Balaban J connectivity index is 1.18. The van der Waals surface area contributed by atoms with Crippen LogP contribution in [0.4, 0.5) is 11.4 Å². The number of hydrogen-bond acceptors (Lipinski definition) is 8. The Hall–Kier alpha value is -4.98. The van der Waals surface area contributed by atoms with Crippen molar-refractivity contribution in [3.63, 3.8) is 0 Å². The second-order valence-electron chi connectivity index (χ2n) is 9.78. The number of nitrogen functional groups attached to an aromatic ring is 2. The van der Waals surface area contributed by atoms with Crippen LogP contribution in [0.5, 0.6) is 17.2 Å². The van der Waals surface area contributed by atoms with Crippen LogP contribution in [-0.4, -0.2) is 31.8 Å². The summed E-state index contributed by atoms with van der Waals surface area (Å²) in [6, 6.07) is 23.3. The molecule has 0 aliphatic heterocycles. The van der Waals surface area contributed by atoms with Crippen LogP contribution in [0.1, 0.15) is 48.5 Å². The Morgan fingerprint density at radius 3 is 2.02 bits per heavy atom. The first-order valence-corrected chi connectivity index (χ1v) is 14.0. The quantitative estimate of drug-likeness (QED) is 0.0559. The van der Waals surface area contributed by atoms with Crippen LogP contribution in [0.3, 0.4) is 0 Å². The Morgan fingerprint density at radius 2 is 1.31 bits per heavy atom. The summed E-state index contributed by atoms with van der Waals surface area (Å²) in [4.78, 5) is 24.5. The van der Waals surface area contributed by atoms with Gasteiger partial charge in [0.1, 0.15) is 17.2 Å². The minimum atomic E-state index is -0.485. The number of anilines is 2. The number of carbonyl (C=O) groups excluding carboxylic acids is 2. The van der Waals surface area contributed by atoms with Crippen molar-refractivity contribution in [2.45, 2.75) is 32.6 Å². The predicted molar refractivity (Wildman–Crippen MR) is 166 cm³/mol. The summed E-state index contributed by atoms with van der Waals surface area (Å²) < 4.78 is 22.3. The zero-order valence-corrected chi connectivity index (χ0v) is 23.7. The van der Waals surface area contributed by atoms with Gasteiger partial charge < -0.3 is 30.4 Å². The van der Waals surface area contributed by atoms with Crippen molar-refractivity contribution in [3.8, 4) is 17.2 Å². The average molecular weight is 569 g/mol. The van der Waals surface area contributed by atoms with Crippen molar-refractivity contribution in [2.75, 3.05) is 31.3 Å². The van der Waals surface area contributed by atoms with Crippen molar-refractivity contribution in [3.05, 3.63) is 96.1 Å². The Kier molecular flexibility index (Phi) is 10.8. The van der Waals surface area contributed by atoms with Gasteiger partial charge in [-0.3, -0.25) is 0 Å². The van der Waals surface area contributed by atoms with Crippen molar-refractivity contribution in [2.24, 2.45) is 0 Å². The molecule has 0 fully saturated rings. The fraction of sp³-hybridized carbons (Fsp3) is 0.235. The zero-order valence-electron chi connectivity index (χ0n) is 23.7. The number of rotatable bonds is 14. The standard InChI is InChI=1S/C34H36N2O6/c1-2-3-4-16-40-31-13-9-26-22-32(14-10-25(26)21-31)42-33(37)15-8-24-6-11-30(12-7-24)39-17-5-18-41-34(38)27-19-28(35)23-29(36)20-27/h6-15,19-23H,2-5,16-18,35-36H2,1H3. The molecule has 218 valence electrons. The smallest absolute Gasteiger partial charge is 0.338 e. The SMILES string of the molecule is CCCCCOc1ccc2cc(OC(=O)C=Cc3ccc(OCCCOC(=O)c4cc(N)cc(N)c4)cc3)ccc2c1. The second-order valence-corrected chi connectivity index (χ2v) is 9.78. The van der Waals surface area contributed by atoms with E-state index in [1.165, 1.54) is 18.2 Å². The van der Waals surface area contributed by atoms with Gasteiger partial charge in [0, 0.05) is 23.9 Å². The lowest BCUT2D eigenvalue weighted by molar-refractivity contribution is -0.128. The fourth-order valence-electron chi connectivity index (χ4n) is 4.18. The first kappa shape index (κ1) is 30.0. The normalized spacial score (nSPS) is 11.0. The van der Waals surface area contributed by atoms with Crippen molar-refractivity contribution in [1.29, 1.82) is 0 Å². The largest absolute Gasteiger partial charge is 0.494 e. The molecule has 4 aromatic rings. The van der Waals surface area contributed by atoms with Gasteiger partial charge in [-0.1, -0.05) is 44.0 Å². The molecular formula is C34H36N2O6. The minimum absolute atomic E-state index is 0.197. The fourth-order valence-corrected chi connectivity index (χ4v) is 4.18. The number of nitrogens with two attached hydrogens (primary N) is 2. The lowest BCUT2D eigenvalue weighted by atomic mass is 10.1. The zero-order chi connectivity index (χ0) is 29.7. The first-order valence-electron chi connectivity index (χ1n) is 14.0. The van der Waals surface area contributed by atoms with Crippen molar-refractivity contribution < 1.29 is 28.5 Å². The molecule has 8 nitrogen and oxygen atoms in total. The Labute approximate surface area is 245 Å². The van der Waals surface area contributed by atoms with Crippen LogP contribution in [0, 0.1) is 0 Å². The van der Waals surface area contributed by atoms with E-state index in [0.717, 1.165) is 41.3 Å². The van der Waals surface area contributed by atoms with E-state index in [9.17, 15) is 9.59 Å². The van der Waals surface area contributed by atoms with Crippen LogP contribution in [0.2, 0.25) is 0 Å². The van der Waals surface area contributed by atoms with Gasteiger partial charge in [0.15, 0.2) is 0 Å². The molecule has 0 spiro atoms. The van der Waals surface area contributed by atoms with E-state index in [-0.39, 0.29) is 6.61 Å². The monoisotopic (exact) mass is 568 g/mol. The molecule has 8 heteroatoms. The summed E-state index contributed by atoms with van der Waals surface area (Å²) in [5.74, 6) is 1.02. The molecule has 0 amide bonds. The number of carbonyl (C=O) groups is 2. The number of unbranched alkanes of at least 4 members (excludes halogenated alkanes) is 2. The van der Waals surface area contributed by atoms with Crippen molar-refractivity contribution >= 4 is 40.2 Å². The van der Waals surface area contributed by atoms with Crippen LogP contribution in [0.25, 0.3) is 16.8 Å². The summed E-state index contributed by atoms with van der Waals surface area (Å²) in [6.07, 6.45) is 6.93. The maximum Gasteiger partial charge on any atom is 0.338 e. The highest BCUT2D eigenvalue weighted by atomic mass is 16.5. The van der Waals surface area contributed by atoms with Gasteiger partial charge in [-0.05, 0) is 83.4 Å². The number of benzene rings is 4. The molecule has 0 unspecified atom stereocenters. The van der Waals surface area contributed by atoms with Gasteiger partial charge in [0.25, 0.3) is 0 Å². The van der Waals surface area contributed by atoms with Gasteiger partial charge >= 0.3 is 11.9 Å². The van der Waals surface area contributed by atoms with Crippen molar-refractivity contribution in [1.82, 2.24) is 0 Å². The molecule has 0 aliphatic rings. The molecule has 0 radical (unpaired) electrons. The summed E-state index contributed by atoms with van der Waals surface area (Å²) in [6.45, 7) is 3.44. The number of fused-ring (bicyclic) bond motifs is 1. The van der Waals surface area contributed by atoms with E-state index in [4.69, 9.17) is 30.4 Å². The summed E-state index contributed by atoms with van der Waals surface area (Å²) in [5, 5.41) is 1.98. The van der Waals surface area contributed by atoms with E-state index in [1.54, 1.807) is 30.3 Å². The van der Waals surface area contributed by atoms with Gasteiger partial charge in [-0.15, -0.1) is 0 Å². The van der Waals surface area contributed by atoms with Gasteiger partial charge in [-0.25, -0.2) is 9.59 Å². The summed E-state index contributed by atoms with van der Waals surface area (Å²) in [5.41, 5.74) is 13.4. The van der Waals surface area contributed by atoms with E-state index in [2.05, 4.69) is 6.92 Å². The van der Waals surface area contributed by atoms with E-state index < -0.39 is 11.9 Å². The molecule has 0 aliphatic carbocycles. The highest BCUT2D eigenvalue weighted by Crippen LogP contribution is 2.25. The minimum Gasteiger partial charge on any atom is -0.494 e. The topological polar surface area (TPSA) is 123 Å². The Bertz CT molecular complexity index is 1510. The second kappa shape index (κ2) is 15.1. The third kappa shape index (κ3) is 9.30. The third-order valence-electron chi connectivity index (χ3n) is 6.31. The molecule has 0 saturated carbocycles.